The van der Waals surface area contributed by atoms with Crippen LogP contribution in [0.15, 0.2) is 24.3 Å². The molecule has 0 aromatic heterocycles. The van der Waals surface area contributed by atoms with Gasteiger partial charge in [-0.3, -0.25) is 0 Å². The van der Waals surface area contributed by atoms with Crippen molar-refractivity contribution in [2.75, 3.05) is 0 Å². The summed E-state index contributed by atoms with van der Waals surface area (Å²) < 4.78 is 89.3. The number of benzene rings is 1. The van der Waals surface area contributed by atoms with Crippen molar-refractivity contribution in [2.24, 2.45) is 5.41 Å². The summed E-state index contributed by atoms with van der Waals surface area (Å²) in [6.45, 7) is 4.32. The fourth-order valence-electron chi connectivity index (χ4n) is 1.86. The van der Waals surface area contributed by atoms with E-state index in [4.69, 9.17) is 3.07 Å². The average molecular weight is 470 g/mol. The Hall–Kier alpha value is -1.04. The minimum atomic E-state index is -5.75. The third kappa shape index (κ3) is 2.98. The fraction of sp³-hybridized carbons (Fsp3) is 0.500. The van der Waals surface area contributed by atoms with Gasteiger partial charge in [-0.15, -0.1) is 0 Å². The van der Waals surface area contributed by atoms with Gasteiger partial charge < -0.3 is 0 Å². The molecule has 0 N–H and O–H groups in total. The molecule has 24 heavy (non-hydrogen) atoms. The van der Waals surface area contributed by atoms with E-state index < -0.39 is 55.6 Å². The number of carbonyl (C=O) groups excluding carboxylic acids is 1. The number of carbonyl (C=O) groups is 1. The quantitative estimate of drug-likeness (QED) is 0.422. The molecule has 0 radical (unpaired) electrons. The summed E-state index contributed by atoms with van der Waals surface area (Å²) in [5.41, 5.74) is -6.62. The molecule has 1 aromatic carbocycles. The van der Waals surface area contributed by atoms with E-state index in [-0.39, 0.29) is 3.57 Å². The summed E-state index contributed by atoms with van der Waals surface area (Å²) in [4.78, 5) is 11.9. The molecule has 2 rings (SSSR count). The van der Waals surface area contributed by atoms with Crippen LogP contribution in [-0.4, -0.2) is 18.3 Å². The first-order valence-corrected chi connectivity index (χ1v) is 9.41. The van der Waals surface area contributed by atoms with Crippen LogP contribution in [0.3, 0.4) is 0 Å². The van der Waals surface area contributed by atoms with Crippen LogP contribution in [0.2, 0.25) is 0 Å². The Balaban J connectivity index is 2.58. The first-order chi connectivity index (χ1) is 10.7. The van der Waals surface area contributed by atoms with Crippen LogP contribution in [0, 0.1) is 8.99 Å². The average Bonchev–Trinajstić information content (AvgIpc) is 2.73. The van der Waals surface area contributed by atoms with Crippen molar-refractivity contribution >= 4 is 26.6 Å². The predicted molar refractivity (Wildman–Crippen MR) is 79.6 cm³/mol. The van der Waals surface area contributed by atoms with Crippen molar-refractivity contribution in [3.8, 4) is 0 Å². The molecule has 0 aliphatic carbocycles. The number of halogens is 7. The molecule has 3 nitrogen and oxygen atoms in total. The van der Waals surface area contributed by atoms with Gasteiger partial charge in [0, 0.05) is 0 Å². The summed E-state index contributed by atoms with van der Waals surface area (Å²) >= 11 is -3.96. The summed E-state index contributed by atoms with van der Waals surface area (Å²) in [6.07, 6.45) is -11.5. The maximum absolute atomic E-state index is 13.4. The normalized spacial score (nSPS) is 19.1. The van der Waals surface area contributed by atoms with Gasteiger partial charge in [0.25, 0.3) is 0 Å². The van der Waals surface area contributed by atoms with Gasteiger partial charge in [-0.25, -0.2) is 0 Å². The molecule has 1 aromatic rings. The third-order valence-electron chi connectivity index (χ3n) is 3.16. The zero-order valence-electron chi connectivity index (χ0n) is 12.7. The molecule has 0 bridgehead atoms. The van der Waals surface area contributed by atoms with Crippen molar-refractivity contribution in [1.82, 2.24) is 0 Å². The van der Waals surface area contributed by atoms with Gasteiger partial charge in [-0.2, -0.15) is 0 Å². The zero-order chi connectivity index (χ0) is 18.6. The Morgan fingerprint density at radius 3 is 2.00 bits per heavy atom. The number of alkyl halides is 6. The molecule has 0 amide bonds. The van der Waals surface area contributed by atoms with Crippen molar-refractivity contribution in [3.63, 3.8) is 0 Å². The first-order valence-electron chi connectivity index (χ1n) is 6.57. The third-order valence-corrected chi connectivity index (χ3v) is 6.91. The second-order valence-corrected chi connectivity index (χ2v) is 9.35. The second kappa shape index (κ2) is 5.75. The summed E-state index contributed by atoms with van der Waals surface area (Å²) in [5.74, 6) is -0.914. The van der Waals surface area contributed by atoms with Crippen molar-refractivity contribution in [2.45, 2.75) is 38.7 Å². The van der Waals surface area contributed by atoms with Crippen LogP contribution in [0.1, 0.15) is 26.3 Å². The van der Waals surface area contributed by atoms with Crippen LogP contribution >= 0.6 is 20.6 Å². The Labute approximate surface area is 141 Å². The molecule has 0 unspecified atom stereocenters. The summed E-state index contributed by atoms with van der Waals surface area (Å²) in [5, 5.41) is 0. The molecule has 10 heteroatoms. The zero-order valence-corrected chi connectivity index (χ0v) is 14.8. The summed E-state index contributed by atoms with van der Waals surface area (Å²) in [6, 6.07) is 4.12. The van der Waals surface area contributed by atoms with Crippen LogP contribution in [0.25, 0.3) is 0 Å². The topological polar surface area (TPSA) is 35.5 Å². The molecule has 136 valence electrons. The van der Waals surface area contributed by atoms with Crippen LogP contribution in [0.5, 0.6) is 0 Å². The predicted octanol–water partition coefficient (Wildman–Crippen LogP) is 5.13. The van der Waals surface area contributed by atoms with Gasteiger partial charge in [0.2, 0.25) is 0 Å². The Morgan fingerprint density at radius 1 is 1.04 bits per heavy atom. The van der Waals surface area contributed by atoms with Gasteiger partial charge in [0.1, 0.15) is 0 Å². The van der Waals surface area contributed by atoms with Gasteiger partial charge >= 0.3 is 141 Å². The number of hydrogen-bond donors (Lipinski definition) is 0. The van der Waals surface area contributed by atoms with E-state index in [1.165, 1.54) is 26.8 Å². The number of hydrogen-bond acceptors (Lipinski definition) is 3. The minimum absolute atomic E-state index is 0.325. The number of rotatable bonds is 1. The van der Waals surface area contributed by atoms with E-state index in [0.717, 1.165) is 12.1 Å². The molecule has 1 heterocycles. The monoisotopic (exact) mass is 470 g/mol. The van der Waals surface area contributed by atoms with Gasteiger partial charge in [-0.1, -0.05) is 0 Å². The Bertz CT molecular complexity index is 633. The maximum atomic E-state index is 13.4. The SMILES string of the molecule is CC(C)(C)C(=O)OI1OC(C(F)(F)F)(C(F)(F)F)c2ccccc21. The molecule has 1 aliphatic heterocycles. The number of fused-ring (bicyclic) bond motifs is 1. The standard InChI is InChI=1S/C14H13F6IO3/c1-11(2,3)10(22)23-21-9-7-5-4-6-8(9)12(24-21,13(15,16)17)14(18,19)20/h4-7H,1-3H3. The van der Waals surface area contributed by atoms with Crippen molar-refractivity contribution in [1.29, 1.82) is 0 Å². The van der Waals surface area contributed by atoms with E-state index in [0.29, 0.717) is 6.07 Å². The van der Waals surface area contributed by atoms with E-state index in [1.807, 2.05) is 0 Å². The van der Waals surface area contributed by atoms with Crippen molar-refractivity contribution in [3.05, 3.63) is 33.4 Å². The molecule has 0 fully saturated rings. The Morgan fingerprint density at radius 2 is 1.54 bits per heavy atom. The van der Waals surface area contributed by atoms with Crippen LogP contribution in [-0.2, 0) is 16.5 Å². The Kier molecular flexibility index (Phi) is 4.62. The molecule has 0 saturated heterocycles. The fourth-order valence-corrected chi connectivity index (χ4v) is 6.32. The molecule has 0 saturated carbocycles. The van der Waals surface area contributed by atoms with Gasteiger partial charge in [-0.05, 0) is 0 Å². The molecule has 1 aliphatic rings. The van der Waals surface area contributed by atoms with Crippen LogP contribution < -0.4 is 0 Å². The van der Waals surface area contributed by atoms with Gasteiger partial charge in [0.05, 0.1) is 0 Å². The van der Waals surface area contributed by atoms with E-state index >= 15 is 0 Å². The summed E-state index contributed by atoms with van der Waals surface area (Å²) in [7, 11) is 0. The van der Waals surface area contributed by atoms with Crippen molar-refractivity contribution < 1.29 is 37.3 Å². The molecular weight excluding hydrogens is 457 g/mol. The van der Waals surface area contributed by atoms with E-state index in [9.17, 15) is 31.1 Å². The second-order valence-electron chi connectivity index (χ2n) is 6.07. The molecule has 0 atom stereocenters. The van der Waals surface area contributed by atoms with E-state index in [2.05, 4.69) is 3.07 Å². The molecular formula is C14H13F6IO3. The van der Waals surface area contributed by atoms with E-state index in [1.54, 1.807) is 0 Å². The van der Waals surface area contributed by atoms with Crippen LogP contribution in [0.4, 0.5) is 26.3 Å². The van der Waals surface area contributed by atoms with Gasteiger partial charge in [0.15, 0.2) is 0 Å². The first kappa shape index (κ1) is 19.3. The molecule has 0 spiro atoms.